The summed E-state index contributed by atoms with van der Waals surface area (Å²) in [7, 11) is 0. The lowest BCUT2D eigenvalue weighted by Crippen LogP contribution is -1.87. The van der Waals surface area contributed by atoms with Crippen LogP contribution in [0.25, 0.3) is 0 Å². The largest absolute Gasteiger partial charge is 0.365 e. The van der Waals surface area contributed by atoms with E-state index in [1.807, 2.05) is 0 Å². The molecule has 7 heavy (non-hydrogen) atoms. The third kappa shape index (κ3) is 5.99. The Hall–Kier alpha value is -0.0100. The topological polar surface area (TPSA) is 9.23 Å². The van der Waals surface area contributed by atoms with Gasteiger partial charge in [-0.1, -0.05) is 17.7 Å². The van der Waals surface area contributed by atoms with E-state index in [1.165, 1.54) is 0 Å². The van der Waals surface area contributed by atoms with Crippen LogP contribution < -0.4 is 0 Å². The maximum Gasteiger partial charge on any atom is 0.120 e. The van der Waals surface area contributed by atoms with Crippen LogP contribution in [0.15, 0.2) is 12.7 Å². The minimum absolute atomic E-state index is 0.286. The van der Waals surface area contributed by atoms with Gasteiger partial charge in [-0.05, 0) is 6.42 Å². The Labute approximate surface area is 48.9 Å². The molecule has 0 radical (unpaired) electrons. The highest BCUT2D eigenvalue weighted by molar-refractivity contribution is 6.17. The van der Waals surface area contributed by atoms with Gasteiger partial charge in [-0.15, -0.1) is 6.58 Å². The molecule has 0 aromatic carbocycles. The van der Waals surface area contributed by atoms with Crippen molar-refractivity contribution in [2.24, 2.45) is 0 Å². The number of alkyl halides is 1. The standard InChI is InChI=1S/C5H9ClO/c1-2-3-4-7-5-6/h2H,1,3-5H2. The zero-order valence-electron chi connectivity index (χ0n) is 4.19. The average Bonchev–Trinajstić information content (AvgIpc) is 1.69. The third-order valence-corrected chi connectivity index (χ3v) is 0.698. The minimum Gasteiger partial charge on any atom is -0.365 e. The second-order valence-corrected chi connectivity index (χ2v) is 1.31. The third-order valence-electron chi connectivity index (χ3n) is 0.543. The first-order valence-corrected chi connectivity index (χ1v) is 2.70. The summed E-state index contributed by atoms with van der Waals surface area (Å²) in [4.78, 5) is 0. The first-order chi connectivity index (χ1) is 3.41. The molecule has 1 nitrogen and oxygen atoms in total. The zero-order chi connectivity index (χ0) is 5.54. The molecule has 0 saturated carbocycles. The fourth-order valence-electron chi connectivity index (χ4n) is 0.221. The van der Waals surface area contributed by atoms with Crippen molar-refractivity contribution in [3.8, 4) is 0 Å². The van der Waals surface area contributed by atoms with Gasteiger partial charge in [0.05, 0.1) is 6.61 Å². The summed E-state index contributed by atoms with van der Waals surface area (Å²) in [5.74, 6) is 0. The first kappa shape index (κ1) is 6.99. The Kier molecular flexibility index (Phi) is 5.98. The monoisotopic (exact) mass is 120 g/mol. The fourth-order valence-corrected chi connectivity index (χ4v) is 0.330. The molecule has 0 fully saturated rings. The molecule has 0 atom stereocenters. The van der Waals surface area contributed by atoms with E-state index in [0.717, 1.165) is 6.42 Å². The van der Waals surface area contributed by atoms with Gasteiger partial charge in [-0.25, -0.2) is 0 Å². The summed E-state index contributed by atoms with van der Waals surface area (Å²) in [5, 5.41) is 0. The van der Waals surface area contributed by atoms with Gasteiger partial charge in [0.1, 0.15) is 6.07 Å². The van der Waals surface area contributed by atoms with Crippen LogP contribution in [0.4, 0.5) is 0 Å². The summed E-state index contributed by atoms with van der Waals surface area (Å²) >= 11 is 5.18. The molecule has 0 aromatic heterocycles. The molecule has 0 amide bonds. The maximum absolute atomic E-state index is 5.18. The molecule has 0 aromatic rings. The molecule has 0 unspecified atom stereocenters. The maximum atomic E-state index is 5.18. The highest BCUT2D eigenvalue weighted by Gasteiger charge is 1.76. The van der Waals surface area contributed by atoms with E-state index in [0.29, 0.717) is 6.61 Å². The SMILES string of the molecule is C=CCCOCCl. The number of ether oxygens (including phenoxy) is 1. The van der Waals surface area contributed by atoms with Crippen LogP contribution >= 0.6 is 11.6 Å². The zero-order valence-corrected chi connectivity index (χ0v) is 4.95. The van der Waals surface area contributed by atoms with Crippen molar-refractivity contribution in [1.29, 1.82) is 0 Å². The molecular formula is C5H9ClO. The molecule has 0 aliphatic rings. The quantitative estimate of drug-likeness (QED) is 0.312. The summed E-state index contributed by atoms with van der Waals surface area (Å²) in [6.45, 7) is 4.20. The predicted octanol–water partition coefficient (Wildman–Crippen LogP) is 1.78. The number of rotatable bonds is 4. The fraction of sp³-hybridized carbons (Fsp3) is 0.600. The number of hydrogen-bond donors (Lipinski definition) is 0. The van der Waals surface area contributed by atoms with E-state index in [9.17, 15) is 0 Å². The molecule has 2 heteroatoms. The Bertz CT molecular complexity index is 45.3. The summed E-state index contributed by atoms with van der Waals surface area (Å²) < 4.78 is 4.77. The lowest BCUT2D eigenvalue weighted by atomic mass is 10.5. The molecule has 0 saturated heterocycles. The second-order valence-electron chi connectivity index (χ2n) is 1.09. The van der Waals surface area contributed by atoms with Crippen molar-refractivity contribution in [2.75, 3.05) is 12.7 Å². The van der Waals surface area contributed by atoms with Crippen LogP contribution in [0.2, 0.25) is 0 Å². The number of hydrogen-bond acceptors (Lipinski definition) is 1. The molecule has 0 aliphatic heterocycles. The molecule has 0 bridgehead atoms. The normalized spacial score (nSPS) is 8.71. The van der Waals surface area contributed by atoms with Crippen LogP contribution in [0.1, 0.15) is 6.42 Å². The van der Waals surface area contributed by atoms with Crippen molar-refractivity contribution >= 4 is 11.6 Å². The van der Waals surface area contributed by atoms with Gasteiger partial charge in [0.2, 0.25) is 0 Å². The second kappa shape index (κ2) is 5.99. The van der Waals surface area contributed by atoms with Gasteiger partial charge in [-0.3, -0.25) is 0 Å². The average molecular weight is 121 g/mol. The van der Waals surface area contributed by atoms with Crippen LogP contribution in [-0.4, -0.2) is 12.7 Å². The lowest BCUT2D eigenvalue weighted by Gasteiger charge is -1.91. The highest BCUT2D eigenvalue weighted by atomic mass is 35.5. The van der Waals surface area contributed by atoms with E-state index in [4.69, 9.17) is 16.3 Å². The van der Waals surface area contributed by atoms with E-state index in [-0.39, 0.29) is 6.07 Å². The van der Waals surface area contributed by atoms with Crippen molar-refractivity contribution < 1.29 is 4.74 Å². The molecule has 0 N–H and O–H groups in total. The Morgan fingerprint density at radius 1 is 1.71 bits per heavy atom. The Morgan fingerprint density at radius 2 is 2.43 bits per heavy atom. The minimum atomic E-state index is 0.286. The molecule has 0 aliphatic carbocycles. The van der Waals surface area contributed by atoms with Crippen LogP contribution in [0.5, 0.6) is 0 Å². The van der Waals surface area contributed by atoms with Gasteiger partial charge in [-0.2, -0.15) is 0 Å². The molecular weight excluding hydrogens is 112 g/mol. The molecule has 0 heterocycles. The Balaban J connectivity index is 2.56. The van der Waals surface area contributed by atoms with Gasteiger partial charge in [0, 0.05) is 0 Å². The molecule has 0 spiro atoms. The molecule has 0 rings (SSSR count). The van der Waals surface area contributed by atoms with E-state index in [2.05, 4.69) is 6.58 Å². The van der Waals surface area contributed by atoms with Crippen LogP contribution in [-0.2, 0) is 4.74 Å². The van der Waals surface area contributed by atoms with Gasteiger partial charge >= 0.3 is 0 Å². The lowest BCUT2D eigenvalue weighted by molar-refractivity contribution is 0.185. The van der Waals surface area contributed by atoms with E-state index >= 15 is 0 Å². The molecule has 42 valence electrons. The van der Waals surface area contributed by atoms with Crippen molar-refractivity contribution in [3.05, 3.63) is 12.7 Å². The summed E-state index contributed by atoms with van der Waals surface area (Å²) in [5.41, 5.74) is 0. The summed E-state index contributed by atoms with van der Waals surface area (Å²) in [6, 6.07) is 0.286. The summed E-state index contributed by atoms with van der Waals surface area (Å²) in [6.07, 6.45) is 2.68. The number of halogens is 1. The van der Waals surface area contributed by atoms with Gasteiger partial charge < -0.3 is 4.74 Å². The van der Waals surface area contributed by atoms with Crippen molar-refractivity contribution in [1.82, 2.24) is 0 Å². The van der Waals surface area contributed by atoms with Crippen LogP contribution in [0.3, 0.4) is 0 Å². The van der Waals surface area contributed by atoms with Crippen LogP contribution in [0, 0.1) is 0 Å². The van der Waals surface area contributed by atoms with Crippen molar-refractivity contribution in [3.63, 3.8) is 0 Å². The van der Waals surface area contributed by atoms with Crippen molar-refractivity contribution in [2.45, 2.75) is 6.42 Å². The first-order valence-electron chi connectivity index (χ1n) is 2.16. The Morgan fingerprint density at radius 3 is 2.86 bits per heavy atom. The van der Waals surface area contributed by atoms with Gasteiger partial charge in [0.25, 0.3) is 0 Å². The van der Waals surface area contributed by atoms with E-state index < -0.39 is 0 Å². The highest BCUT2D eigenvalue weighted by Crippen LogP contribution is 1.83. The smallest absolute Gasteiger partial charge is 0.120 e. The van der Waals surface area contributed by atoms with E-state index in [1.54, 1.807) is 6.08 Å². The predicted molar refractivity (Wildman–Crippen MR) is 31.5 cm³/mol. The van der Waals surface area contributed by atoms with Gasteiger partial charge in [0.15, 0.2) is 0 Å².